The normalized spacial score (nSPS) is 15.9. The molecule has 0 radical (unpaired) electrons. The van der Waals surface area contributed by atoms with Gasteiger partial charge >= 0.3 is 0 Å². The summed E-state index contributed by atoms with van der Waals surface area (Å²) in [6.45, 7) is 3.52. The molecule has 6 nitrogen and oxygen atoms in total. The quantitative estimate of drug-likeness (QED) is 0.480. The van der Waals surface area contributed by atoms with Gasteiger partial charge in [0.25, 0.3) is 5.91 Å². The third-order valence-corrected chi connectivity index (χ3v) is 6.69. The van der Waals surface area contributed by atoms with Gasteiger partial charge in [0, 0.05) is 42.5 Å². The van der Waals surface area contributed by atoms with Gasteiger partial charge in [0.15, 0.2) is 11.5 Å². The highest BCUT2D eigenvalue weighted by atomic mass is 32.1. The number of methoxy groups -OCH3 is 1. The summed E-state index contributed by atoms with van der Waals surface area (Å²) in [7, 11) is 5.44. The lowest BCUT2D eigenvalue weighted by Crippen LogP contribution is -2.32. The molecule has 0 fully saturated rings. The topological polar surface area (TPSA) is 70.1 Å². The van der Waals surface area contributed by atoms with Crippen LogP contribution in [0.25, 0.3) is 11.1 Å². The van der Waals surface area contributed by atoms with Crippen molar-refractivity contribution in [1.29, 1.82) is 0 Å². The molecule has 0 saturated carbocycles. The molecule has 0 bridgehead atoms. The lowest BCUT2D eigenvalue weighted by Gasteiger charge is -2.29. The predicted molar refractivity (Wildman–Crippen MR) is 137 cm³/mol. The van der Waals surface area contributed by atoms with Crippen molar-refractivity contribution in [3.63, 3.8) is 0 Å². The maximum absolute atomic E-state index is 13.4. The number of aliphatic hydroxyl groups excluding tert-OH is 1. The maximum Gasteiger partial charge on any atom is 0.294 e. The Balaban J connectivity index is 1.92. The Morgan fingerprint density at radius 3 is 2.50 bits per heavy atom. The molecule has 0 spiro atoms. The van der Waals surface area contributed by atoms with Crippen LogP contribution < -0.4 is 14.5 Å². The smallest absolute Gasteiger partial charge is 0.294 e. The van der Waals surface area contributed by atoms with E-state index in [1.54, 1.807) is 38.4 Å². The van der Waals surface area contributed by atoms with E-state index in [4.69, 9.17) is 4.74 Å². The van der Waals surface area contributed by atoms with Crippen LogP contribution >= 0.6 is 11.3 Å². The molecule has 34 heavy (non-hydrogen) atoms. The number of ketones is 1. The van der Waals surface area contributed by atoms with Gasteiger partial charge in [0.2, 0.25) is 0 Å². The zero-order chi connectivity index (χ0) is 24.6. The molecule has 1 atom stereocenters. The molecular formula is C27H28N2O4S. The van der Waals surface area contributed by atoms with E-state index in [0.29, 0.717) is 17.0 Å². The fourth-order valence-corrected chi connectivity index (χ4v) is 4.98. The number of thiophene rings is 1. The minimum absolute atomic E-state index is 0.0952. The number of Topliss-reactive ketones (excluding diaryl/α,β-unsaturated/α-hetero) is 1. The summed E-state index contributed by atoms with van der Waals surface area (Å²) in [6.07, 6.45) is 0. The first-order valence-corrected chi connectivity index (χ1v) is 12.0. The molecule has 4 rings (SSSR count). The van der Waals surface area contributed by atoms with Crippen molar-refractivity contribution in [3.8, 4) is 16.9 Å². The average molecular weight is 477 g/mol. The van der Waals surface area contributed by atoms with E-state index in [1.165, 1.54) is 4.90 Å². The Morgan fingerprint density at radius 2 is 1.88 bits per heavy atom. The molecule has 1 aromatic heterocycles. The number of rotatable bonds is 7. The summed E-state index contributed by atoms with van der Waals surface area (Å²) in [6, 6.07) is 14.3. The zero-order valence-corrected chi connectivity index (χ0v) is 20.7. The zero-order valence-electron chi connectivity index (χ0n) is 19.9. The minimum Gasteiger partial charge on any atom is -0.503 e. The first kappa shape index (κ1) is 23.6. The summed E-state index contributed by atoms with van der Waals surface area (Å²) in [5.74, 6) is -1.24. The number of carbonyl (C=O) groups is 2. The standard InChI is InChI=1S/C27H28N2O4S/c1-16(2)25(30)23-24(20-8-6-7-9-22(20)33-5)29(27(32)26(23)31)18-10-11-19(17-12-13-34-15-17)21(14-18)28(3)4/h6-16,24,31H,1-5H3. The Morgan fingerprint density at radius 1 is 1.15 bits per heavy atom. The van der Waals surface area contributed by atoms with Gasteiger partial charge in [0.1, 0.15) is 5.75 Å². The van der Waals surface area contributed by atoms with Crippen molar-refractivity contribution in [2.24, 2.45) is 5.92 Å². The average Bonchev–Trinajstić information content (AvgIpc) is 3.45. The third-order valence-electron chi connectivity index (χ3n) is 6.00. The second-order valence-electron chi connectivity index (χ2n) is 8.71. The van der Waals surface area contributed by atoms with Crippen molar-refractivity contribution in [2.75, 3.05) is 31.0 Å². The molecule has 3 aromatic rings. The van der Waals surface area contributed by atoms with E-state index in [2.05, 4.69) is 11.4 Å². The van der Waals surface area contributed by atoms with Gasteiger partial charge in [-0.1, -0.05) is 38.1 Å². The van der Waals surface area contributed by atoms with Gasteiger partial charge in [-0.3, -0.25) is 14.5 Å². The van der Waals surface area contributed by atoms with Gasteiger partial charge < -0.3 is 14.7 Å². The first-order valence-electron chi connectivity index (χ1n) is 11.0. The van der Waals surface area contributed by atoms with Crippen molar-refractivity contribution < 1.29 is 19.4 Å². The molecule has 7 heteroatoms. The lowest BCUT2D eigenvalue weighted by atomic mass is 9.90. The molecular weight excluding hydrogens is 448 g/mol. The van der Waals surface area contributed by atoms with E-state index >= 15 is 0 Å². The number of benzene rings is 2. The number of anilines is 2. The van der Waals surface area contributed by atoms with Crippen LogP contribution in [0, 0.1) is 5.92 Å². The summed E-state index contributed by atoms with van der Waals surface area (Å²) in [4.78, 5) is 30.1. The first-order chi connectivity index (χ1) is 16.3. The highest BCUT2D eigenvalue weighted by Gasteiger charge is 2.46. The van der Waals surface area contributed by atoms with E-state index < -0.39 is 17.7 Å². The Hall–Kier alpha value is -3.58. The van der Waals surface area contributed by atoms with Crippen LogP contribution in [-0.2, 0) is 9.59 Å². The Bertz CT molecular complexity index is 1260. The molecule has 2 heterocycles. The van der Waals surface area contributed by atoms with Crippen LogP contribution in [0.5, 0.6) is 5.75 Å². The lowest BCUT2D eigenvalue weighted by molar-refractivity contribution is -0.119. The number of ether oxygens (including phenoxy) is 1. The third kappa shape index (κ3) is 3.96. The number of amides is 1. The van der Waals surface area contributed by atoms with Gasteiger partial charge in [-0.2, -0.15) is 11.3 Å². The van der Waals surface area contributed by atoms with Gasteiger partial charge in [0.05, 0.1) is 18.7 Å². The molecule has 2 aromatic carbocycles. The molecule has 1 unspecified atom stereocenters. The van der Waals surface area contributed by atoms with E-state index in [9.17, 15) is 14.7 Å². The highest BCUT2D eigenvalue weighted by molar-refractivity contribution is 7.08. The summed E-state index contributed by atoms with van der Waals surface area (Å²) in [5, 5.41) is 15.0. The molecule has 0 aliphatic carbocycles. The monoisotopic (exact) mass is 476 g/mol. The Kier molecular flexibility index (Phi) is 6.48. The largest absolute Gasteiger partial charge is 0.503 e. The van der Waals surface area contributed by atoms with Crippen LogP contribution in [0.1, 0.15) is 25.5 Å². The number of nitrogens with zero attached hydrogens (tertiary/aromatic N) is 2. The molecule has 1 N–H and O–H groups in total. The minimum atomic E-state index is -0.805. The van der Waals surface area contributed by atoms with E-state index in [-0.39, 0.29) is 17.3 Å². The van der Waals surface area contributed by atoms with Crippen LogP contribution in [0.4, 0.5) is 11.4 Å². The van der Waals surface area contributed by atoms with Crippen molar-refractivity contribution in [3.05, 3.63) is 76.2 Å². The van der Waals surface area contributed by atoms with E-state index in [1.807, 2.05) is 60.8 Å². The predicted octanol–water partition coefficient (Wildman–Crippen LogP) is 5.61. The number of para-hydroxylation sites is 1. The highest BCUT2D eigenvalue weighted by Crippen LogP contribution is 2.46. The van der Waals surface area contributed by atoms with Crippen LogP contribution in [-0.4, -0.2) is 38.0 Å². The van der Waals surface area contributed by atoms with Crippen LogP contribution in [0.15, 0.2) is 70.6 Å². The van der Waals surface area contributed by atoms with Crippen molar-refractivity contribution in [2.45, 2.75) is 19.9 Å². The van der Waals surface area contributed by atoms with Gasteiger partial charge in [-0.15, -0.1) is 0 Å². The number of hydrogen-bond acceptors (Lipinski definition) is 6. The van der Waals surface area contributed by atoms with Gasteiger partial charge in [-0.25, -0.2) is 0 Å². The molecule has 0 saturated heterocycles. The summed E-state index contributed by atoms with van der Waals surface area (Å²) < 4.78 is 5.57. The van der Waals surface area contributed by atoms with Crippen LogP contribution in [0.2, 0.25) is 0 Å². The van der Waals surface area contributed by atoms with E-state index in [0.717, 1.165) is 16.8 Å². The summed E-state index contributed by atoms with van der Waals surface area (Å²) >= 11 is 1.62. The maximum atomic E-state index is 13.4. The number of carbonyl (C=O) groups excluding carboxylic acids is 2. The number of aliphatic hydroxyl groups is 1. The fourth-order valence-electron chi connectivity index (χ4n) is 4.32. The molecule has 1 amide bonds. The second-order valence-corrected chi connectivity index (χ2v) is 9.49. The summed E-state index contributed by atoms with van der Waals surface area (Å²) in [5.41, 5.74) is 4.36. The Labute approximate surface area is 203 Å². The number of hydrogen-bond donors (Lipinski definition) is 1. The second kappa shape index (κ2) is 9.35. The molecule has 1 aliphatic rings. The van der Waals surface area contributed by atoms with Crippen molar-refractivity contribution in [1.82, 2.24) is 0 Å². The van der Waals surface area contributed by atoms with Gasteiger partial charge in [-0.05, 0) is 40.6 Å². The molecule has 1 aliphatic heterocycles. The fraction of sp³-hybridized carbons (Fsp3) is 0.259. The van der Waals surface area contributed by atoms with Crippen LogP contribution in [0.3, 0.4) is 0 Å². The SMILES string of the molecule is COc1ccccc1C1C(C(=O)C(C)C)=C(O)C(=O)N1c1ccc(-c2ccsc2)c(N(C)C)c1. The van der Waals surface area contributed by atoms with Crippen molar-refractivity contribution >= 4 is 34.4 Å². The molecule has 176 valence electrons.